The number of para-hydroxylation sites is 1. The van der Waals surface area contributed by atoms with Crippen LogP contribution in [0.3, 0.4) is 0 Å². The third-order valence-electron chi connectivity index (χ3n) is 3.87. The Balaban J connectivity index is 2.02. The molecule has 0 fully saturated rings. The summed E-state index contributed by atoms with van der Waals surface area (Å²) >= 11 is 0. The first-order chi connectivity index (χ1) is 11.7. The molecule has 0 atom stereocenters. The van der Waals surface area contributed by atoms with Crippen LogP contribution in [0.25, 0.3) is 0 Å². The highest BCUT2D eigenvalue weighted by molar-refractivity contribution is 6.05. The van der Waals surface area contributed by atoms with E-state index >= 15 is 0 Å². The number of amides is 2. The Morgan fingerprint density at radius 1 is 0.875 bits per heavy atom. The van der Waals surface area contributed by atoms with Crippen molar-refractivity contribution in [3.8, 4) is 0 Å². The molecule has 126 valence electrons. The smallest absolute Gasteiger partial charge is 0.255 e. The highest BCUT2D eigenvalue weighted by Gasteiger charge is 2.10. The second-order valence-electron chi connectivity index (χ2n) is 5.65. The van der Waals surface area contributed by atoms with Crippen molar-refractivity contribution in [1.82, 2.24) is 5.32 Å². The Morgan fingerprint density at radius 2 is 1.50 bits per heavy atom. The molecule has 4 nitrogen and oxygen atoms in total. The van der Waals surface area contributed by atoms with Gasteiger partial charge in [0, 0.05) is 23.4 Å². The molecular formula is C20H24N2O2. The normalized spacial score (nSPS) is 10.2. The molecule has 0 bridgehead atoms. The third-order valence-corrected chi connectivity index (χ3v) is 3.87. The summed E-state index contributed by atoms with van der Waals surface area (Å²) in [7, 11) is 0. The van der Waals surface area contributed by atoms with Crippen molar-refractivity contribution in [3.63, 3.8) is 0 Å². The molecule has 0 saturated carbocycles. The van der Waals surface area contributed by atoms with Crippen molar-refractivity contribution in [2.75, 3.05) is 11.9 Å². The molecule has 0 aliphatic carbocycles. The largest absolute Gasteiger partial charge is 0.352 e. The number of unbranched alkanes of at least 4 members (excludes halogenated alkanes) is 1. The lowest BCUT2D eigenvalue weighted by Gasteiger charge is -2.10. The van der Waals surface area contributed by atoms with E-state index < -0.39 is 0 Å². The van der Waals surface area contributed by atoms with Crippen LogP contribution in [-0.2, 0) is 6.42 Å². The van der Waals surface area contributed by atoms with Gasteiger partial charge in [-0.25, -0.2) is 0 Å². The minimum atomic E-state index is -0.172. The predicted molar refractivity (Wildman–Crippen MR) is 97.5 cm³/mol. The minimum absolute atomic E-state index is 0.105. The van der Waals surface area contributed by atoms with Crippen molar-refractivity contribution in [3.05, 3.63) is 65.2 Å². The minimum Gasteiger partial charge on any atom is -0.352 e. The van der Waals surface area contributed by atoms with Gasteiger partial charge in [0.05, 0.1) is 0 Å². The predicted octanol–water partition coefficient (Wildman–Crippen LogP) is 4.03. The van der Waals surface area contributed by atoms with Crippen molar-refractivity contribution in [1.29, 1.82) is 0 Å². The van der Waals surface area contributed by atoms with Gasteiger partial charge in [-0.05, 0) is 48.7 Å². The summed E-state index contributed by atoms with van der Waals surface area (Å²) in [5.41, 5.74) is 3.02. The van der Waals surface area contributed by atoms with E-state index in [0.29, 0.717) is 17.7 Å². The Morgan fingerprint density at radius 3 is 2.12 bits per heavy atom. The molecule has 0 radical (unpaired) electrons. The quantitative estimate of drug-likeness (QED) is 0.755. The Hall–Kier alpha value is -2.62. The molecule has 2 N–H and O–H groups in total. The topological polar surface area (TPSA) is 58.2 Å². The summed E-state index contributed by atoms with van der Waals surface area (Å²) in [4.78, 5) is 24.3. The fraction of sp³-hybridized carbons (Fsp3) is 0.300. The molecule has 2 aromatic carbocycles. The SMILES string of the molecule is CCCCNC(=O)c1ccc(C(=O)Nc2ccccc2CC)cc1. The number of rotatable bonds is 7. The van der Waals surface area contributed by atoms with Gasteiger partial charge in [0.25, 0.3) is 11.8 Å². The van der Waals surface area contributed by atoms with Gasteiger partial charge in [-0.3, -0.25) is 9.59 Å². The summed E-state index contributed by atoms with van der Waals surface area (Å²) in [6, 6.07) is 14.5. The van der Waals surface area contributed by atoms with Crippen LogP contribution < -0.4 is 10.6 Å². The second kappa shape index (κ2) is 8.87. The molecular weight excluding hydrogens is 300 g/mol. The van der Waals surface area contributed by atoms with Crippen LogP contribution in [-0.4, -0.2) is 18.4 Å². The third kappa shape index (κ3) is 4.69. The molecule has 0 heterocycles. The standard InChI is InChI=1S/C20H24N2O2/c1-3-5-14-21-19(23)16-10-12-17(13-11-16)20(24)22-18-9-7-6-8-15(18)4-2/h6-13H,3-5,14H2,1-2H3,(H,21,23)(H,22,24). The van der Waals surface area contributed by atoms with Crippen LogP contribution >= 0.6 is 0 Å². The first-order valence-corrected chi connectivity index (χ1v) is 8.43. The Kier molecular flexibility index (Phi) is 6.55. The maximum Gasteiger partial charge on any atom is 0.255 e. The van der Waals surface area contributed by atoms with Crippen molar-refractivity contribution in [2.24, 2.45) is 0 Å². The average molecular weight is 324 g/mol. The van der Waals surface area contributed by atoms with Crippen molar-refractivity contribution in [2.45, 2.75) is 33.1 Å². The fourth-order valence-corrected chi connectivity index (χ4v) is 2.40. The first-order valence-electron chi connectivity index (χ1n) is 8.43. The molecule has 2 aromatic rings. The monoisotopic (exact) mass is 324 g/mol. The van der Waals surface area contributed by atoms with Crippen LogP contribution in [0.15, 0.2) is 48.5 Å². The lowest BCUT2D eigenvalue weighted by Crippen LogP contribution is -2.24. The maximum atomic E-state index is 12.4. The van der Waals surface area contributed by atoms with E-state index in [4.69, 9.17) is 0 Å². The zero-order valence-corrected chi connectivity index (χ0v) is 14.3. The van der Waals surface area contributed by atoms with Gasteiger partial charge in [-0.2, -0.15) is 0 Å². The van der Waals surface area contributed by atoms with E-state index in [1.807, 2.05) is 24.3 Å². The van der Waals surface area contributed by atoms with Crippen molar-refractivity contribution >= 4 is 17.5 Å². The van der Waals surface area contributed by atoms with E-state index in [2.05, 4.69) is 24.5 Å². The van der Waals surface area contributed by atoms with Crippen LogP contribution in [0.5, 0.6) is 0 Å². The van der Waals surface area contributed by atoms with E-state index in [1.165, 1.54) is 0 Å². The number of carbonyl (C=O) groups excluding carboxylic acids is 2. The molecule has 0 spiro atoms. The van der Waals surface area contributed by atoms with Crippen LogP contribution in [0.1, 0.15) is 53.0 Å². The zero-order valence-electron chi connectivity index (χ0n) is 14.3. The molecule has 2 amide bonds. The lowest BCUT2D eigenvalue weighted by molar-refractivity contribution is 0.0951. The number of carbonyl (C=O) groups is 2. The summed E-state index contributed by atoms with van der Waals surface area (Å²) in [6.07, 6.45) is 2.86. The molecule has 4 heteroatoms. The summed E-state index contributed by atoms with van der Waals surface area (Å²) in [5, 5.41) is 5.79. The zero-order chi connectivity index (χ0) is 17.4. The highest BCUT2D eigenvalue weighted by atomic mass is 16.2. The number of anilines is 1. The lowest BCUT2D eigenvalue weighted by atomic mass is 10.1. The number of aryl methyl sites for hydroxylation is 1. The van der Waals surface area contributed by atoms with E-state index in [0.717, 1.165) is 30.5 Å². The van der Waals surface area contributed by atoms with Gasteiger partial charge in [-0.15, -0.1) is 0 Å². The first kappa shape index (κ1) is 17.7. The molecule has 0 aromatic heterocycles. The van der Waals surface area contributed by atoms with Gasteiger partial charge in [0.2, 0.25) is 0 Å². The van der Waals surface area contributed by atoms with Crippen molar-refractivity contribution < 1.29 is 9.59 Å². The average Bonchev–Trinajstić information content (AvgIpc) is 2.62. The second-order valence-corrected chi connectivity index (χ2v) is 5.65. The summed E-state index contributed by atoms with van der Waals surface area (Å²) < 4.78 is 0. The van der Waals surface area contributed by atoms with Gasteiger partial charge in [0.15, 0.2) is 0 Å². The van der Waals surface area contributed by atoms with Crippen LogP contribution in [0, 0.1) is 0 Å². The van der Waals surface area contributed by atoms with Crippen LogP contribution in [0.4, 0.5) is 5.69 Å². The Bertz CT molecular complexity index is 693. The molecule has 0 aliphatic rings. The van der Waals surface area contributed by atoms with Gasteiger partial charge < -0.3 is 10.6 Å². The summed E-state index contributed by atoms with van der Waals surface area (Å²) in [5.74, 6) is -0.277. The molecule has 2 rings (SSSR count). The number of hydrogen-bond acceptors (Lipinski definition) is 2. The molecule has 0 saturated heterocycles. The maximum absolute atomic E-state index is 12.4. The van der Waals surface area contributed by atoms with Gasteiger partial charge in [0.1, 0.15) is 0 Å². The fourth-order valence-electron chi connectivity index (χ4n) is 2.40. The van der Waals surface area contributed by atoms with Gasteiger partial charge in [-0.1, -0.05) is 38.5 Å². The number of nitrogens with one attached hydrogen (secondary N) is 2. The Labute approximate surface area is 143 Å². The number of benzene rings is 2. The molecule has 0 unspecified atom stereocenters. The van der Waals surface area contributed by atoms with E-state index in [1.54, 1.807) is 24.3 Å². The molecule has 0 aliphatic heterocycles. The van der Waals surface area contributed by atoms with Crippen LogP contribution in [0.2, 0.25) is 0 Å². The summed E-state index contributed by atoms with van der Waals surface area (Å²) in [6.45, 7) is 4.80. The number of hydrogen-bond donors (Lipinski definition) is 2. The highest BCUT2D eigenvalue weighted by Crippen LogP contribution is 2.17. The van der Waals surface area contributed by atoms with E-state index in [9.17, 15) is 9.59 Å². The molecule has 24 heavy (non-hydrogen) atoms. The van der Waals surface area contributed by atoms with E-state index in [-0.39, 0.29) is 11.8 Å². The van der Waals surface area contributed by atoms with Gasteiger partial charge >= 0.3 is 0 Å².